The molecule has 0 bridgehead atoms. The normalized spacial score (nSPS) is 16.3. The van der Waals surface area contributed by atoms with E-state index in [-0.39, 0.29) is 5.91 Å². The molecule has 4 nitrogen and oxygen atoms in total. The summed E-state index contributed by atoms with van der Waals surface area (Å²) in [5.74, 6) is 0.0527. The van der Waals surface area contributed by atoms with E-state index in [2.05, 4.69) is 16.8 Å². The van der Waals surface area contributed by atoms with Crippen molar-refractivity contribution in [2.24, 2.45) is 0 Å². The summed E-state index contributed by atoms with van der Waals surface area (Å²) in [5.41, 5.74) is 1.44. The molecule has 0 N–H and O–H groups in total. The second kappa shape index (κ2) is 6.22. The molecule has 0 saturated carbocycles. The van der Waals surface area contributed by atoms with Gasteiger partial charge in [-0.25, -0.2) is 4.98 Å². The van der Waals surface area contributed by atoms with Gasteiger partial charge >= 0.3 is 0 Å². The van der Waals surface area contributed by atoms with Crippen LogP contribution in [0.2, 0.25) is 0 Å². The standard InChI is InChI=1S/C17H21N3O/c1-2-9-19-10-12-20(13-11-19)17(21)16-8-7-14-5-3-4-6-15(14)18-16/h3-8H,2,9-13H2,1H3. The number of hydrogen-bond acceptors (Lipinski definition) is 3. The third-order valence-electron chi connectivity index (χ3n) is 4.02. The van der Waals surface area contributed by atoms with Crippen LogP contribution in [0.3, 0.4) is 0 Å². The summed E-state index contributed by atoms with van der Waals surface area (Å²) >= 11 is 0. The first kappa shape index (κ1) is 14.0. The lowest BCUT2D eigenvalue weighted by Crippen LogP contribution is -2.48. The van der Waals surface area contributed by atoms with E-state index in [1.54, 1.807) is 0 Å². The number of carbonyl (C=O) groups excluding carboxylic acids is 1. The Balaban J connectivity index is 1.72. The molecule has 1 fully saturated rings. The van der Waals surface area contributed by atoms with Crippen molar-refractivity contribution in [3.8, 4) is 0 Å². The van der Waals surface area contributed by atoms with E-state index >= 15 is 0 Å². The lowest BCUT2D eigenvalue weighted by atomic mass is 10.2. The van der Waals surface area contributed by atoms with Gasteiger partial charge in [-0.15, -0.1) is 0 Å². The molecule has 0 atom stereocenters. The fourth-order valence-electron chi connectivity index (χ4n) is 2.84. The monoisotopic (exact) mass is 283 g/mol. The molecule has 1 aliphatic heterocycles. The summed E-state index contributed by atoms with van der Waals surface area (Å²) in [6.07, 6.45) is 1.17. The van der Waals surface area contributed by atoms with Gasteiger partial charge in [0, 0.05) is 31.6 Å². The van der Waals surface area contributed by atoms with Crippen molar-refractivity contribution in [2.45, 2.75) is 13.3 Å². The summed E-state index contributed by atoms with van der Waals surface area (Å²) in [6, 6.07) is 11.7. The summed E-state index contributed by atoms with van der Waals surface area (Å²) < 4.78 is 0. The molecule has 3 rings (SSSR count). The van der Waals surface area contributed by atoms with Crippen LogP contribution in [0.5, 0.6) is 0 Å². The highest BCUT2D eigenvalue weighted by molar-refractivity contribution is 5.95. The lowest BCUT2D eigenvalue weighted by Gasteiger charge is -2.34. The number of rotatable bonds is 3. The molecule has 0 unspecified atom stereocenters. The average Bonchev–Trinajstić information content (AvgIpc) is 2.55. The minimum atomic E-state index is 0.0527. The van der Waals surface area contributed by atoms with Gasteiger partial charge in [0.15, 0.2) is 0 Å². The number of pyridine rings is 1. The number of fused-ring (bicyclic) bond motifs is 1. The van der Waals surface area contributed by atoms with Gasteiger partial charge in [0.25, 0.3) is 5.91 Å². The molecule has 0 aliphatic carbocycles. The maximum absolute atomic E-state index is 12.6. The van der Waals surface area contributed by atoms with Crippen molar-refractivity contribution in [1.82, 2.24) is 14.8 Å². The highest BCUT2D eigenvalue weighted by Crippen LogP contribution is 2.14. The minimum absolute atomic E-state index is 0.0527. The Labute approximate surface area is 125 Å². The fourth-order valence-corrected chi connectivity index (χ4v) is 2.84. The molecular formula is C17H21N3O. The Morgan fingerprint density at radius 3 is 2.62 bits per heavy atom. The van der Waals surface area contributed by atoms with Gasteiger partial charge in [-0.2, -0.15) is 0 Å². The van der Waals surface area contributed by atoms with Crippen molar-refractivity contribution in [1.29, 1.82) is 0 Å². The summed E-state index contributed by atoms with van der Waals surface area (Å²) in [5, 5.41) is 1.07. The smallest absolute Gasteiger partial charge is 0.272 e. The number of aromatic nitrogens is 1. The van der Waals surface area contributed by atoms with Crippen molar-refractivity contribution >= 4 is 16.8 Å². The molecular weight excluding hydrogens is 262 g/mol. The molecule has 2 heterocycles. The largest absolute Gasteiger partial charge is 0.335 e. The quantitative estimate of drug-likeness (QED) is 0.868. The summed E-state index contributed by atoms with van der Waals surface area (Å²) in [4.78, 5) is 21.4. The molecule has 4 heteroatoms. The molecule has 110 valence electrons. The third kappa shape index (κ3) is 3.05. The SMILES string of the molecule is CCCN1CCN(C(=O)c2ccc3ccccc3n2)CC1. The predicted octanol–water partition coefficient (Wildman–Crippen LogP) is 2.40. The summed E-state index contributed by atoms with van der Waals surface area (Å²) in [7, 11) is 0. The van der Waals surface area contributed by atoms with Gasteiger partial charge in [0.2, 0.25) is 0 Å². The van der Waals surface area contributed by atoms with E-state index in [0.717, 1.165) is 43.6 Å². The number of amides is 1. The van der Waals surface area contributed by atoms with Gasteiger partial charge in [-0.05, 0) is 25.1 Å². The maximum atomic E-state index is 12.6. The zero-order chi connectivity index (χ0) is 14.7. The molecule has 2 aromatic rings. The topological polar surface area (TPSA) is 36.4 Å². The first-order valence-corrected chi connectivity index (χ1v) is 7.65. The Hall–Kier alpha value is -1.94. The van der Waals surface area contributed by atoms with E-state index < -0.39 is 0 Å². The van der Waals surface area contributed by atoms with Gasteiger partial charge < -0.3 is 4.90 Å². The molecule has 1 aromatic heterocycles. The average molecular weight is 283 g/mol. The number of para-hydroxylation sites is 1. The molecule has 21 heavy (non-hydrogen) atoms. The molecule has 1 amide bonds. The minimum Gasteiger partial charge on any atom is -0.335 e. The van der Waals surface area contributed by atoms with Crippen LogP contribution in [0.25, 0.3) is 10.9 Å². The Morgan fingerprint density at radius 2 is 1.86 bits per heavy atom. The zero-order valence-corrected chi connectivity index (χ0v) is 12.5. The van der Waals surface area contributed by atoms with Crippen LogP contribution in [-0.2, 0) is 0 Å². The van der Waals surface area contributed by atoms with Gasteiger partial charge in [0.05, 0.1) is 5.52 Å². The highest BCUT2D eigenvalue weighted by Gasteiger charge is 2.22. The van der Waals surface area contributed by atoms with Crippen LogP contribution in [0.15, 0.2) is 36.4 Å². The predicted molar refractivity (Wildman–Crippen MR) is 84.4 cm³/mol. The van der Waals surface area contributed by atoms with Crippen LogP contribution in [0, 0.1) is 0 Å². The zero-order valence-electron chi connectivity index (χ0n) is 12.5. The van der Waals surface area contributed by atoms with Crippen LogP contribution in [0.4, 0.5) is 0 Å². The van der Waals surface area contributed by atoms with Gasteiger partial charge in [0.1, 0.15) is 5.69 Å². The fraction of sp³-hybridized carbons (Fsp3) is 0.412. The molecule has 0 radical (unpaired) electrons. The van der Waals surface area contributed by atoms with Crippen LogP contribution in [0.1, 0.15) is 23.8 Å². The van der Waals surface area contributed by atoms with Crippen molar-refractivity contribution in [3.63, 3.8) is 0 Å². The van der Waals surface area contributed by atoms with Crippen LogP contribution < -0.4 is 0 Å². The number of benzene rings is 1. The lowest BCUT2D eigenvalue weighted by molar-refractivity contribution is 0.0632. The molecule has 1 aromatic carbocycles. The van der Waals surface area contributed by atoms with E-state index in [1.807, 2.05) is 41.3 Å². The number of carbonyl (C=O) groups is 1. The van der Waals surface area contributed by atoms with Crippen molar-refractivity contribution in [2.75, 3.05) is 32.7 Å². The maximum Gasteiger partial charge on any atom is 0.272 e. The van der Waals surface area contributed by atoms with E-state index in [0.29, 0.717) is 5.69 Å². The Morgan fingerprint density at radius 1 is 1.10 bits per heavy atom. The van der Waals surface area contributed by atoms with Gasteiger partial charge in [-0.3, -0.25) is 9.69 Å². The van der Waals surface area contributed by atoms with Crippen LogP contribution >= 0.6 is 0 Å². The van der Waals surface area contributed by atoms with Crippen LogP contribution in [-0.4, -0.2) is 53.4 Å². The third-order valence-corrected chi connectivity index (χ3v) is 4.02. The second-order valence-electron chi connectivity index (χ2n) is 5.52. The molecule has 0 spiro atoms. The molecule has 1 saturated heterocycles. The molecule has 1 aliphatic rings. The Bertz CT molecular complexity index is 633. The van der Waals surface area contributed by atoms with E-state index in [4.69, 9.17) is 0 Å². The first-order chi connectivity index (χ1) is 10.3. The number of nitrogens with zero attached hydrogens (tertiary/aromatic N) is 3. The first-order valence-electron chi connectivity index (χ1n) is 7.65. The highest BCUT2D eigenvalue weighted by atomic mass is 16.2. The summed E-state index contributed by atoms with van der Waals surface area (Å²) in [6.45, 7) is 6.84. The second-order valence-corrected chi connectivity index (χ2v) is 5.52. The van der Waals surface area contributed by atoms with E-state index in [9.17, 15) is 4.79 Å². The number of piperazine rings is 1. The van der Waals surface area contributed by atoms with Gasteiger partial charge in [-0.1, -0.05) is 31.2 Å². The Kier molecular flexibility index (Phi) is 4.15. The van der Waals surface area contributed by atoms with Crippen molar-refractivity contribution < 1.29 is 4.79 Å². The van der Waals surface area contributed by atoms with E-state index in [1.165, 1.54) is 6.42 Å². The van der Waals surface area contributed by atoms with Crippen molar-refractivity contribution in [3.05, 3.63) is 42.1 Å². The number of hydrogen-bond donors (Lipinski definition) is 0.